The van der Waals surface area contributed by atoms with E-state index in [1.165, 1.54) is 6.26 Å². The molecule has 1 atom stereocenters. The normalized spacial score (nSPS) is 30.3. The van der Waals surface area contributed by atoms with Crippen LogP contribution in [0.2, 0.25) is 0 Å². The third-order valence-electron chi connectivity index (χ3n) is 1.07. The van der Waals surface area contributed by atoms with E-state index < -0.39 is 7.72 Å². The standard InChI is InChI=1S/C7H8O2P/c1-3-7-4-5-9-10(2,8)6-7/h1,4-6,8H,2H3/q+1. The number of terminal acetylenes is 1. The Kier molecular flexibility index (Phi) is 1.80. The molecule has 1 aliphatic heterocycles. The molecule has 1 N–H and O–H groups in total. The van der Waals surface area contributed by atoms with Crippen LogP contribution in [-0.4, -0.2) is 11.6 Å². The lowest BCUT2D eigenvalue weighted by Gasteiger charge is -2.10. The van der Waals surface area contributed by atoms with Crippen molar-refractivity contribution in [3.63, 3.8) is 0 Å². The molecule has 0 bridgehead atoms. The van der Waals surface area contributed by atoms with Crippen molar-refractivity contribution in [3.05, 3.63) is 23.7 Å². The molecule has 0 amide bonds. The maximum Gasteiger partial charge on any atom is 0.339 e. The third-order valence-corrected chi connectivity index (χ3v) is 2.37. The molecule has 1 unspecified atom stereocenters. The third kappa shape index (κ3) is 1.60. The Morgan fingerprint density at radius 3 is 2.90 bits per heavy atom. The van der Waals surface area contributed by atoms with Gasteiger partial charge in [0, 0.05) is 0 Å². The molecule has 0 aromatic rings. The van der Waals surface area contributed by atoms with Crippen molar-refractivity contribution in [3.8, 4) is 12.3 Å². The first kappa shape index (κ1) is 7.34. The summed E-state index contributed by atoms with van der Waals surface area (Å²) in [5, 5.41) is 0. The van der Waals surface area contributed by atoms with Gasteiger partial charge in [0.2, 0.25) is 0 Å². The lowest BCUT2D eigenvalue weighted by molar-refractivity contribution is 0.426. The first-order chi connectivity index (χ1) is 4.64. The number of hydrogen-bond donors (Lipinski definition) is 1. The molecule has 0 aromatic heterocycles. The molecule has 3 heteroatoms. The molecule has 1 aliphatic rings. The summed E-state index contributed by atoms with van der Waals surface area (Å²) in [7, 11) is -2.30. The number of hydrogen-bond acceptors (Lipinski definition) is 2. The van der Waals surface area contributed by atoms with Crippen LogP contribution >= 0.6 is 7.72 Å². The first-order valence-electron chi connectivity index (χ1n) is 2.77. The van der Waals surface area contributed by atoms with E-state index in [0.717, 1.165) is 0 Å². The molecule has 0 fully saturated rings. The summed E-state index contributed by atoms with van der Waals surface area (Å²) < 4.78 is 4.91. The van der Waals surface area contributed by atoms with E-state index >= 15 is 0 Å². The highest BCUT2D eigenvalue weighted by Gasteiger charge is 2.30. The Labute approximate surface area is 60.7 Å². The molecule has 1 heterocycles. The Balaban J connectivity index is 2.88. The van der Waals surface area contributed by atoms with E-state index in [0.29, 0.717) is 5.57 Å². The van der Waals surface area contributed by atoms with Gasteiger partial charge >= 0.3 is 7.72 Å². The second kappa shape index (κ2) is 2.46. The zero-order valence-corrected chi connectivity index (χ0v) is 6.51. The molecule has 2 nitrogen and oxygen atoms in total. The minimum Gasteiger partial charge on any atom is -0.323 e. The molecule has 1 rings (SSSR count). The van der Waals surface area contributed by atoms with Crippen molar-refractivity contribution >= 4 is 7.72 Å². The van der Waals surface area contributed by atoms with Gasteiger partial charge < -0.3 is 4.52 Å². The Bertz CT molecular complexity index is 232. The molecule has 0 radical (unpaired) electrons. The fraction of sp³-hybridized carbons (Fsp3) is 0.143. The highest BCUT2D eigenvalue weighted by atomic mass is 31.2. The van der Waals surface area contributed by atoms with E-state index in [2.05, 4.69) is 5.92 Å². The van der Waals surface area contributed by atoms with Crippen LogP contribution in [0.25, 0.3) is 0 Å². The predicted molar refractivity (Wildman–Crippen MR) is 42.2 cm³/mol. The predicted octanol–water partition coefficient (Wildman–Crippen LogP) is 1.52. The van der Waals surface area contributed by atoms with Crippen molar-refractivity contribution < 1.29 is 9.42 Å². The Morgan fingerprint density at radius 1 is 1.80 bits per heavy atom. The minimum absolute atomic E-state index is 0.685. The Hall–Kier alpha value is -0.770. The highest BCUT2D eigenvalue weighted by molar-refractivity contribution is 7.68. The van der Waals surface area contributed by atoms with Crippen LogP contribution in [0.15, 0.2) is 23.7 Å². The second-order valence-electron chi connectivity index (χ2n) is 2.08. The average Bonchev–Trinajstić information content (AvgIpc) is 1.86. The molecular weight excluding hydrogens is 147 g/mol. The quantitative estimate of drug-likeness (QED) is 0.424. The largest absolute Gasteiger partial charge is 0.339 e. The van der Waals surface area contributed by atoms with Gasteiger partial charge in [0.15, 0.2) is 0 Å². The maximum absolute atomic E-state index is 9.34. The highest BCUT2D eigenvalue weighted by Crippen LogP contribution is 2.56. The molecule has 0 spiro atoms. The van der Waals surface area contributed by atoms with Gasteiger partial charge in [0.25, 0.3) is 0 Å². The van der Waals surface area contributed by atoms with Gasteiger partial charge in [-0.3, -0.25) is 0 Å². The van der Waals surface area contributed by atoms with E-state index in [1.54, 1.807) is 18.6 Å². The van der Waals surface area contributed by atoms with Crippen molar-refractivity contribution in [1.82, 2.24) is 0 Å². The number of rotatable bonds is 0. The van der Waals surface area contributed by atoms with Crippen molar-refractivity contribution in [2.75, 3.05) is 6.66 Å². The van der Waals surface area contributed by atoms with E-state index in [4.69, 9.17) is 10.9 Å². The van der Waals surface area contributed by atoms with Gasteiger partial charge in [-0.2, -0.15) is 0 Å². The lowest BCUT2D eigenvalue weighted by Crippen LogP contribution is -1.92. The molecule has 0 saturated heterocycles. The summed E-state index contributed by atoms with van der Waals surface area (Å²) in [6.45, 7) is 1.63. The van der Waals surface area contributed by atoms with Gasteiger partial charge in [-0.05, 0) is 6.08 Å². The van der Waals surface area contributed by atoms with E-state index in [1.807, 2.05) is 0 Å². The maximum atomic E-state index is 9.34. The summed E-state index contributed by atoms with van der Waals surface area (Å²) in [5.74, 6) is 4.01. The van der Waals surface area contributed by atoms with Gasteiger partial charge in [0.1, 0.15) is 18.7 Å². The van der Waals surface area contributed by atoms with Crippen LogP contribution in [0, 0.1) is 12.3 Å². The van der Waals surface area contributed by atoms with Crippen molar-refractivity contribution in [1.29, 1.82) is 0 Å². The van der Waals surface area contributed by atoms with Crippen molar-refractivity contribution in [2.45, 2.75) is 0 Å². The van der Waals surface area contributed by atoms with Crippen LogP contribution in [0.1, 0.15) is 0 Å². The van der Waals surface area contributed by atoms with Crippen LogP contribution in [0.4, 0.5) is 0 Å². The summed E-state index contributed by atoms with van der Waals surface area (Å²) >= 11 is 0. The van der Waals surface area contributed by atoms with Crippen LogP contribution in [0.3, 0.4) is 0 Å². The summed E-state index contributed by atoms with van der Waals surface area (Å²) in [6, 6.07) is 0. The minimum atomic E-state index is -2.30. The second-order valence-corrected chi connectivity index (χ2v) is 4.44. The Morgan fingerprint density at radius 2 is 2.50 bits per heavy atom. The summed E-state index contributed by atoms with van der Waals surface area (Å²) in [4.78, 5) is 9.34. The van der Waals surface area contributed by atoms with Gasteiger partial charge in [0.05, 0.1) is 5.57 Å². The summed E-state index contributed by atoms with van der Waals surface area (Å²) in [5.41, 5.74) is 0.685. The monoisotopic (exact) mass is 155 g/mol. The SMILES string of the molecule is C#CC1=C[P+](C)(O)OC=C1. The van der Waals surface area contributed by atoms with Gasteiger partial charge in [-0.15, -0.1) is 6.42 Å². The topological polar surface area (TPSA) is 29.5 Å². The first-order valence-corrected chi connectivity index (χ1v) is 4.95. The fourth-order valence-corrected chi connectivity index (χ4v) is 1.69. The molecular formula is C7H8O2P+. The number of allylic oxidation sites excluding steroid dienone is 2. The molecule has 0 aromatic carbocycles. The molecule has 0 saturated carbocycles. The molecule has 0 aliphatic carbocycles. The van der Waals surface area contributed by atoms with Gasteiger partial charge in [-0.25, -0.2) is 4.89 Å². The van der Waals surface area contributed by atoms with Crippen LogP contribution in [0.5, 0.6) is 0 Å². The zero-order chi connectivity index (χ0) is 7.61. The molecule has 10 heavy (non-hydrogen) atoms. The lowest BCUT2D eigenvalue weighted by atomic mass is 10.3. The average molecular weight is 155 g/mol. The van der Waals surface area contributed by atoms with E-state index in [9.17, 15) is 4.89 Å². The smallest absolute Gasteiger partial charge is 0.323 e. The molecule has 52 valence electrons. The van der Waals surface area contributed by atoms with E-state index in [-0.39, 0.29) is 0 Å². The fourth-order valence-electron chi connectivity index (χ4n) is 0.644. The van der Waals surface area contributed by atoms with Gasteiger partial charge in [-0.1, -0.05) is 5.92 Å². The summed E-state index contributed by atoms with van der Waals surface area (Å²) in [6.07, 6.45) is 8.19. The van der Waals surface area contributed by atoms with Crippen LogP contribution < -0.4 is 0 Å². The van der Waals surface area contributed by atoms with Crippen molar-refractivity contribution in [2.24, 2.45) is 0 Å². The van der Waals surface area contributed by atoms with Crippen LogP contribution in [-0.2, 0) is 4.52 Å². The zero-order valence-electron chi connectivity index (χ0n) is 5.61.